The lowest BCUT2D eigenvalue weighted by Crippen LogP contribution is -2.23. The molecule has 1 atom stereocenters. The molecule has 0 bridgehead atoms. The van der Waals surface area contributed by atoms with Crippen LogP contribution >= 0.6 is 22.7 Å². The zero-order chi connectivity index (χ0) is 19.5. The van der Waals surface area contributed by atoms with Crippen molar-refractivity contribution in [2.45, 2.75) is 19.7 Å². The number of methoxy groups -OCH3 is 1. The molecule has 144 valence electrons. The van der Waals surface area contributed by atoms with Crippen LogP contribution in [0.2, 0.25) is 0 Å². The summed E-state index contributed by atoms with van der Waals surface area (Å²) in [6.45, 7) is 2.60. The Hall–Kier alpha value is -2.74. The van der Waals surface area contributed by atoms with Crippen molar-refractivity contribution in [3.05, 3.63) is 64.0 Å². The van der Waals surface area contributed by atoms with Gasteiger partial charge in [-0.15, -0.1) is 22.7 Å². The Balaban J connectivity index is 1.70. The van der Waals surface area contributed by atoms with E-state index in [1.54, 1.807) is 29.8 Å². The first-order chi connectivity index (χ1) is 14.2. The summed E-state index contributed by atoms with van der Waals surface area (Å²) in [5.74, 6) is 1.00. The maximum Gasteiger partial charge on any atom is 0.155 e. The molecule has 7 heteroatoms. The highest BCUT2D eigenvalue weighted by atomic mass is 32.1. The average Bonchev–Trinajstić information content (AvgIpc) is 3.44. The predicted molar refractivity (Wildman–Crippen MR) is 120 cm³/mol. The van der Waals surface area contributed by atoms with Crippen molar-refractivity contribution in [1.29, 1.82) is 0 Å². The molecule has 0 aliphatic carbocycles. The number of nitrogens with zero attached hydrogens (tertiary/aromatic N) is 3. The first-order valence-corrected chi connectivity index (χ1v) is 11.1. The number of fused-ring (bicyclic) bond motifs is 7. The number of aryl methyl sites for hydroxylation is 1. The zero-order valence-corrected chi connectivity index (χ0v) is 17.6. The van der Waals surface area contributed by atoms with Gasteiger partial charge in [-0.3, -0.25) is 4.57 Å². The molecule has 1 aromatic carbocycles. The smallest absolute Gasteiger partial charge is 0.155 e. The van der Waals surface area contributed by atoms with Crippen LogP contribution in [0.1, 0.15) is 22.3 Å². The van der Waals surface area contributed by atoms with E-state index in [1.807, 2.05) is 13.0 Å². The van der Waals surface area contributed by atoms with Gasteiger partial charge in [0.2, 0.25) is 0 Å². The number of aromatic nitrogens is 3. The monoisotopic (exact) mass is 418 g/mol. The van der Waals surface area contributed by atoms with Gasteiger partial charge < -0.3 is 10.1 Å². The van der Waals surface area contributed by atoms with Crippen LogP contribution < -0.4 is 5.32 Å². The molecular weight excluding hydrogens is 400 g/mol. The Morgan fingerprint density at radius 3 is 2.90 bits per heavy atom. The first kappa shape index (κ1) is 17.1. The van der Waals surface area contributed by atoms with E-state index in [1.165, 1.54) is 4.88 Å². The van der Waals surface area contributed by atoms with E-state index >= 15 is 0 Å². The van der Waals surface area contributed by atoms with E-state index in [0.717, 1.165) is 48.9 Å². The van der Waals surface area contributed by atoms with Crippen LogP contribution in [0, 0.1) is 6.92 Å². The summed E-state index contributed by atoms with van der Waals surface area (Å²) < 4.78 is 7.82. The molecular formula is C22H18N4OS2. The van der Waals surface area contributed by atoms with E-state index < -0.39 is 0 Å². The van der Waals surface area contributed by atoms with Gasteiger partial charge in [0.05, 0.1) is 28.2 Å². The summed E-state index contributed by atoms with van der Waals surface area (Å²) in [6, 6.07) is 14.7. The van der Waals surface area contributed by atoms with Gasteiger partial charge in [0.25, 0.3) is 0 Å². The minimum atomic E-state index is -0.000557. The third-order valence-electron chi connectivity index (χ3n) is 5.32. The van der Waals surface area contributed by atoms with E-state index in [2.05, 4.69) is 51.7 Å². The fraction of sp³-hybridized carbons (Fsp3) is 0.182. The summed E-state index contributed by atoms with van der Waals surface area (Å²) in [6.07, 6.45) is -0.000557. The zero-order valence-electron chi connectivity index (χ0n) is 16.0. The van der Waals surface area contributed by atoms with Crippen LogP contribution in [-0.2, 0) is 11.3 Å². The van der Waals surface area contributed by atoms with Gasteiger partial charge in [0, 0.05) is 23.1 Å². The highest BCUT2D eigenvalue weighted by Gasteiger charge is 2.32. The molecule has 1 N–H and O–H groups in total. The summed E-state index contributed by atoms with van der Waals surface area (Å²) in [5.41, 5.74) is 5.43. The lowest BCUT2D eigenvalue weighted by Gasteiger charge is -2.28. The molecule has 1 unspecified atom stereocenters. The average molecular weight is 419 g/mol. The molecule has 0 saturated heterocycles. The fourth-order valence-electron chi connectivity index (χ4n) is 4.19. The lowest BCUT2D eigenvalue weighted by atomic mass is 10.1. The first-order valence-electron chi connectivity index (χ1n) is 9.44. The lowest BCUT2D eigenvalue weighted by molar-refractivity contribution is 0.186. The number of benzene rings is 1. The SMILES string of the molecule is COCc1cc(C)nc2sc3c(c12)NC(c1cccs1)n1c-3nc2ccccc21. The maximum absolute atomic E-state index is 5.50. The van der Waals surface area contributed by atoms with Gasteiger partial charge >= 0.3 is 0 Å². The highest BCUT2D eigenvalue weighted by molar-refractivity contribution is 7.22. The summed E-state index contributed by atoms with van der Waals surface area (Å²) in [4.78, 5) is 13.3. The van der Waals surface area contributed by atoms with Crippen molar-refractivity contribution in [2.75, 3.05) is 12.4 Å². The molecule has 5 heterocycles. The van der Waals surface area contributed by atoms with Gasteiger partial charge in [-0.25, -0.2) is 9.97 Å². The number of thiophene rings is 2. The molecule has 0 saturated carbocycles. The molecule has 5 nitrogen and oxygen atoms in total. The minimum absolute atomic E-state index is 0.000557. The van der Waals surface area contributed by atoms with Crippen molar-refractivity contribution in [3.63, 3.8) is 0 Å². The summed E-state index contributed by atoms with van der Waals surface area (Å²) in [7, 11) is 1.74. The number of ether oxygens (including phenoxy) is 1. The van der Waals surface area contributed by atoms with Gasteiger partial charge in [-0.1, -0.05) is 18.2 Å². The van der Waals surface area contributed by atoms with Crippen LogP contribution in [-0.4, -0.2) is 21.6 Å². The number of hydrogen-bond donors (Lipinski definition) is 1. The molecule has 6 rings (SSSR count). The van der Waals surface area contributed by atoms with Crippen molar-refractivity contribution in [2.24, 2.45) is 0 Å². The second kappa shape index (κ2) is 6.38. The number of imidazole rings is 1. The second-order valence-electron chi connectivity index (χ2n) is 7.20. The third-order valence-corrected chi connectivity index (χ3v) is 7.33. The molecule has 29 heavy (non-hydrogen) atoms. The Kier molecular flexibility index (Phi) is 3.77. The number of para-hydroxylation sites is 2. The molecule has 0 amide bonds. The maximum atomic E-state index is 5.50. The highest BCUT2D eigenvalue weighted by Crippen LogP contribution is 2.49. The molecule has 5 aromatic rings. The van der Waals surface area contributed by atoms with Crippen LogP contribution in [0.5, 0.6) is 0 Å². The Bertz CT molecular complexity index is 1370. The summed E-state index contributed by atoms with van der Waals surface area (Å²) in [5, 5.41) is 7.10. The second-order valence-corrected chi connectivity index (χ2v) is 9.18. The van der Waals surface area contributed by atoms with E-state index in [-0.39, 0.29) is 6.17 Å². The van der Waals surface area contributed by atoms with Crippen LogP contribution in [0.25, 0.3) is 32.0 Å². The normalized spacial score (nSPS) is 15.4. The third kappa shape index (κ3) is 2.48. The van der Waals surface area contributed by atoms with Crippen molar-refractivity contribution in [3.8, 4) is 10.7 Å². The predicted octanol–water partition coefficient (Wildman–Crippen LogP) is 5.80. The molecule has 0 fully saturated rings. The quantitative estimate of drug-likeness (QED) is 0.402. The topological polar surface area (TPSA) is 52.0 Å². The van der Waals surface area contributed by atoms with Crippen molar-refractivity contribution in [1.82, 2.24) is 14.5 Å². The van der Waals surface area contributed by atoms with E-state index in [9.17, 15) is 0 Å². The van der Waals surface area contributed by atoms with Gasteiger partial charge in [-0.2, -0.15) is 0 Å². The number of pyridine rings is 1. The minimum Gasteiger partial charge on any atom is -0.380 e. The largest absolute Gasteiger partial charge is 0.380 e. The molecule has 1 aliphatic heterocycles. The van der Waals surface area contributed by atoms with Crippen LogP contribution in [0.4, 0.5) is 5.69 Å². The van der Waals surface area contributed by atoms with Crippen LogP contribution in [0.15, 0.2) is 47.8 Å². The van der Waals surface area contributed by atoms with E-state index in [4.69, 9.17) is 14.7 Å². The Morgan fingerprint density at radius 1 is 1.17 bits per heavy atom. The summed E-state index contributed by atoms with van der Waals surface area (Å²) >= 11 is 3.46. The molecule has 4 aromatic heterocycles. The fourth-order valence-corrected chi connectivity index (χ4v) is 6.17. The van der Waals surface area contributed by atoms with Gasteiger partial charge in [0.1, 0.15) is 11.0 Å². The standard InChI is InChI=1S/C22H18N4OS2/c1-12-10-13(11-27-2)17-18-19(29-22(17)23-12)21-24-14-6-3-4-7-15(14)26(21)20(25-18)16-8-5-9-28-16/h3-10,20,25H,11H2,1-2H3. The van der Waals surface area contributed by atoms with Crippen molar-refractivity contribution < 1.29 is 4.74 Å². The number of hydrogen-bond acceptors (Lipinski definition) is 6. The molecule has 0 radical (unpaired) electrons. The van der Waals surface area contributed by atoms with Crippen LogP contribution in [0.3, 0.4) is 0 Å². The molecule has 0 spiro atoms. The molecule has 1 aliphatic rings. The van der Waals surface area contributed by atoms with Crippen molar-refractivity contribution >= 4 is 49.6 Å². The number of rotatable bonds is 3. The van der Waals surface area contributed by atoms with Gasteiger partial charge in [0.15, 0.2) is 5.82 Å². The number of anilines is 1. The Morgan fingerprint density at radius 2 is 2.07 bits per heavy atom. The van der Waals surface area contributed by atoms with Gasteiger partial charge in [-0.05, 0) is 42.1 Å². The Labute approximate surface area is 175 Å². The number of nitrogens with one attached hydrogen (secondary N) is 1. The van der Waals surface area contributed by atoms with E-state index in [0.29, 0.717) is 6.61 Å².